The quantitative estimate of drug-likeness (QED) is 0.844. The minimum Gasteiger partial charge on any atom is -0.336 e. The average molecular weight is 348 g/mol. The van der Waals surface area contributed by atoms with Crippen LogP contribution >= 0.6 is 0 Å². The van der Waals surface area contributed by atoms with Gasteiger partial charge in [0.2, 0.25) is 0 Å². The number of carbonyl (C=O) groups excluding carboxylic acids is 1. The molecule has 2 amide bonds. The predicted octanol–water partition coefficient (Wildman–Crippen LogP) is 3.02. The molecule has 2 rings (SSSR count). The Hall–Kier alpha value is -2.54. The van der Waals surface area contributed by atoms with Crippen LogP contribution < -0.4 is 10.6 Å². The van der Waals surface area contributed by atoms with Crippen LogP contribution in [0.2, 0.25) is 0 Å². The Labute approximate surface area is 146 Å². The molecular formula is C18H22F2N4O. The fourth-order valence-corrected chi connectivity index (χ4v) is 2.52. The first-order valence-corrected chi connectivity index (χ1v) is 7.94. The first-order valence-electron chi connectivity index (χ1n) is 7.94. The van der Waals surface area contributed by atoms with E-state index in [1.165, 1.54) is 18.2 Å². The normalized spacial score (nSPS) is 13.4. The van der Waals surface area contributed by atoms with E-state index >= 15 is 0 Å². The van der Waals surface area contributed by atoms with Gasteiger partial charge in [0.25, 0.3) is 0 Å². The molecule has 2 atom stereocenters. The number of hydrogen-bond acceptors (Lipinski definition) is 3. The smallest absolute Gasteiger partial charge is 0.315 e. The number of amides is 2. The van der Waals surface area contributed by atoms with Crippen LogP contribution in [0.1, 0.15) is 30.1 Å². The first kappa shape index (κ1) is 18.8. The number of urea groups is 1. The molecule has 0 fully saturated rings. The molecule has 2 N–H and O–H groups in total. The van der Waals surface area contributed by atoms with Crippen LogP contribution in [0.5, 0.6) is 0 Å². The van der Waals surface area contributed by atoms with Crippen molar-refractivity contribution in [3.8, 4) is 0 Å². The van der Waals surface area contributed by atoms with Gasteiger partial charge in [-0.25, -0.2) is 13.6 Å². The fourth-order valence-electron chi connectivity index (χ4n) is 2.52. The van der Waals surface area contributed by atoms with Gasteiger partial charge in [-0.05, 0) is 44.8 Å². The molecule has 2 aromatic rings. The zero-order chi connectivity index (χ0) is 18.4. The van der Waals surface area contributed by atoms with Crippen LogP contribution in [0.3, 0.4) is 0 Å². The highest BCUT2D eigenvalue weighted by Crippen LogP contribution is 2.23. The number of carbonyl (C=O) groups is 1. The Bertz CT molecular complexity index is 689. The lowest BCUT2D eigenvalue weighted by molar-refractivity contribution is 0.228. The molecule has 0 aliphatic heterocycles. The topological polar surface area (TPSA) is 57.3 Å². The van der Waals surface area contributed by atoms with Crippen LogP contribution in [0.4, 0.5) is 13.6 Å². The molecule has 0 radical (unpaired) electrons. The average Bonchev–Trinajstić information content (AvgIpc) is 2.57. The lowest BCUT2D eigenvalue weighted by Crippen LogP contribution is -2.41. The van der Waals surface area contributed by atoms with Crippen LogP contribution in [0.15, 0.2) is 42.7 Å². The van der Waals surface area contributed by atoms with Crippen LogP contribution in [0, 0.1) is 11.6 Å². The Balaban J connectivity index is 2.01. The summed E-state index contributed by atoms with van der Waals surface area (Å²) < 4.78 is 28.0. The third kappa shape index (κ3) is 4.96. The number of aromatic nitrogens is 1. The van der Waals surface area contributed by atoms with Crippen LogP contribution in [0.25, 0.3) is 0 Å². The number of halogens is 2. The Kier molecular flexibility index (Phi) is 6.41. The molecule has 0 saturated heterocycles. The summed E-state index contributed by atoms with van der Waals surface area (Å²) in [6.45, 7) is 1.90. The van der Waals surface area contributed by atoms with Gasteiger partial charge < -0.3 is 15.5 Å². The summed E-state index contributed by atoms with van der Waals surface area (Å²) in [5, 5.41) is 5.45. The third-order valence-corrected chi connectivity index (χ3v) is 3.94. The molecule has 0 bridgehead atoms. The minimum absolute atomic E-state index is 0.0619. The maximum Gasteiger partial charge on any atom is 0.315 e. The van der Waals surface area contributed by atoms with Crippen molar-refractivity contribution < 1.29 is 13.6 Å². The molecule has 1 heterocycles. The highest BCUT2D eigenvalue weighted by Gasteiger charge is 2.23. The molecule has 0 spiro atoms. The summed E-state index contributed by atoms with van der Waals surface area (Å²) in [5.74, 6) is -1.27. The molecule has 1 aromatic carbocycles. The Morgan fingerprint density at radius 3 is 2.44 bits per heavy atom. The molecule has 1 aromatic heterocycles. The number of hydrogen-bond donors (Lipinski definition) is 2. The molecule has 7 heteroatoms. The van der Waals surface area contributed by atoms with Crippen molar-refractivity contribution in [2.24, 2.45) is 0 Å². The van der Waals surface area contributed by atoms with Gasteiger partial charge in [0, 0.05) is 24.5 Å². The van der Waals surface area contributed by atoms with E-state index in [0.29, 0.717) is 0 Å². The van der Waals surface area contributed by atoms with Gasteiger partial charge in [0.05, 0.1) is 12.1 Å². The minimum atomic E-state index is -0.635. The molecule has 0 aliphatic rings. The summed E-state index contributed by atoms with van der Waals surface area (Å²) in [6, 6.07) is 6.09. The Morgan fingerprint density at radius 1 is 1.20 bits per heavy atom. The standard InChI is InChI=1S/C18H22F2N4O/c1-12(13-6-5-9-21-10-13)23-18(25)22-11-16(24(2)3)17-14(19)7-4-8-15(17)20/h4-10,12,16H,11H2,1-3H3,(H2,22,23,25)/t12-,16+/m1/s1. The number of nitrogens with one attached hydrogen (secondary N) is 2. The van der Waals surface area contributed by atoms with E-state index in [-0.39, 0.29) is 18.2 Å². The molecule has 134 valence electrons. The monoisotopic (exact) mass is 348 g/mol. The lowest BCUT2D eigenvalue weighted by atomic mass is 10.0. The lowest BCUT2D eigenvalue weighted by Gasteiger charge is -2.26. The van der Waals surface area contributed by atoms with Crippen LogP contribution in [-0.2, 0) is 0 Å². The van der Waals surface area contributed by atoms with Crippen molar-refractivity contribution in [2.45, 2.75) is 19.0 Å². The molecule has 0 saturated carbocycles. The van der Waals surface area contributed by atoms with Gasteiger partial charge >= 0.3 is 6.03 Å². The van der Waals surface area contributed by atoms with E-state index in [1.54, 1.807) is 37.5 Å². The fraction of sp³-hybridized carbons (Fsp3) is 0.333. The van der Waals surface area contributed by atoms with Crippen LogP contribution in [-0.4, -0.2) is 36.6 Å². The summed E-state index contributed by atoms with van der Waals surface area (Å²) >= 11 is 0. The molecular weight excluding hydrogens is 326 g/mol. The van der Waals surface area contributed by atoms with Crippen molar-refractivity contribution in [1.82, 2.24) is 20.5 Å². The second kappa shape index (κ2) is 8.53. The van der Waals surface area contributed by atoms with E-state index in [0.717, 1.165) is 5.56 Å². The van der Waals surface area contributed by atoms with Crippen molar-refractivity contribution in [1.29, 1.82) is 0 Å². The van der Waals surface area contributed by atoms with Gasteiger partial charge in [-0.3, -0.25) is 4.98 Å². The Morgan fingerprint density at radius 2 is 1.88 bits per heavy atom. The maximum absolute atomic E-state index is 14.0. The third-order valence-electron chi connectivity index (χ3n) is 3.94. The maximum atomic E-state index is 14.0. The number of rotatable bonds is 6. The van der Waals surface area contributed by atoms with Crippen molar-refractivity contribution >= 4 is 6.03 Å². The van der Waals surface area contributed by atoms with Crippen molar-refractivity contribution in [3.63, 3.8) is 0 Å². The van der Waals surface area contributed by atoms with E-state index in [9.17, 15) is 13.6 Å². The van der Waals surface area contributed by atoms with E-state index in [2.05, 4.69) is 15.6 Å². The second-order valence-corrected chi connectivity index (χ2v) is 5.98. The summed E-state index contributed by atoms with van der Waals surface area (Å²) in [7, 11) is 3.41. The number of pyridine rings is 1. The number of benzene rings is 1. The predicted molar refractivity (Wildman–Crippen MR) is 92.0 cm³/mol. The number of likely N-dealkylation sites (N-methyl/N-ethyl adjacent to an activating group) is 1. The van der Waals surface area contributed by atoms with E-state index in [1.807, 2.05) is 13.0 Å². The molecule has 25 heavy (non-hydrogen) atoms. The number of nitrogens with zero attached hydrogens (tertiary/aromatic N) is 2. The highest BCUT2D eigenvalue weighted by atomic mass is 19.1. The highest BCUT2D eigenvalue weighted by molar-refractivity contribution is 5.74. The SMILES string of the molecule is C[C@@H](NC(=O)NC[C@@H](c1c(F)cccc1F)N(C)C)c1cccnc1. The van der Waals surface area contributed by atoms with Gasteiger partial charge in [0.1, 0.15) is 11.6 Å². The summed E-state index contributed by atoms with van der Waals surface area (Å²) in [5.41, 5.74) is 0.801. The molecule has 0 unspecified atom stereocenters. The largest absolute Gasteiger partial charge is 0.336 e. The van der Waals surface area contributed by atoms with E-state index in [4.69, 9.17) is 0 Å². The molecule has 0 aliphatic carbocycles. The van der Waals surface area contributed by atoms with Gasteiger partial charge in [-0.1, -0.05) is 12.1 Å². The van der Waals surface area contributed by atoms with Crippen molar-refractivity contribution in [3.05, 3.63) is 65.5 Å². The van der Waals surface area contributed by atoms with E-state index < -0.39 is 23.7 Å². The van der Waals surface area contributed by atoms with Gasteiger partial charge in [0.15, 0.2) is 0 Å². The first-order chi connectivity index (χ1) is 11.9. The van der Waals surface area contributed by atoms with Gasteiger partial charge in [-0.15, -0.1) is 0 Å². The zero-order valence-electron chi connectivity index (χ0n) is 14.5. The molecule has 5 nitrogen and oxygen atoms in total. The van der Waals surface area contributed by atoms with Gasteiger partial charge in [-0.2, -0.15) is 0 Å². The van der Waals surface area contributed by atoms with Crippen molar-refractivity contribution in [2.75, 3.05) is 20.6 Å². The second-order valence-electron chi connectivity index (χ2n) is 5.98. The summed E-state index contributed by atoms with van der Waals surface area (Å²) in [4.78, 5) is 17.8. The zero-order valence-corrected chi connectivity index (χ0v) is 14.5. The summed E-state index contributed by atoms with van der Waals surface area (Å²) in [6.07, 6.45) is 3.32.